The Labute approximate surface area is 159 Å². The average Bonchev–Trinajstić information content (AvgIpc) is 2.48. The third-order valence-electron chi connectivity index (χ3n) is 3.61. The summed E-state index contributed by atoms with van der Waals surface area (Å²) in [4.78, 5) is 12.1. The zero-order valence-electron chi connectivity index (χ0n) is 14.2. The van der Waals surface area contributed by atoms with Gasteiger partial charge >= 0.3 is 5.97 Å². The highest BCUT2D eigenvalue weighted by Crippen LogP contribution is 2.30. The SMILES string of the molecule is Cc1cc(Br)cc(C)c1OCC(=O)Oc1ccc(C(C)C)cc1Br. The highest BCUT2D eigenvalue weighted by atomic mass is 79.9. The van der Waals surface area contributed by atoms with Crippen molar-refractivity contribution in [2.45, 2.75) is 33.6 Å². The monoisotopic (exact) mass is 454 g/mol. The smallest absolute Gasteiger partial charge is 0.349 e. The molecule has 2 aromatic carbocycles. The molecule has 0 fully saturated rings. The van der Waals surface area contributed by atoms with Gasteiger partial charge in [-0.2, -0.15) is 0 Å². The lowest BCUT2D eigenvalue weighted by Gasteiger charge is -2.13. The fourth-order valence-corrected chi connectivity index (χ4v) is 3.53. The average molecular weight is 456 g/mol. The molecular weight excluding hydrogens is 436 g/mol. The van der Waals surface area contributed by atoms with Gasteiger partial charge in [0.05, 0.1) is 4.47 Å². The maximum atomic E-state index is 12.1. The van der Waals surface area contributed by atoms with Crippen LogP contribution in [0.25, 0.3) is 0 Å². The van der Waals surface area contributed by atoms with Gasteiger partial charge in [0.2, 0.25) is 0 Å². The molecule has 0 saturated carbocycles. The van der Waals surface area contributed by atoms with Crippen molar-refractivity contribution in [2.75, 3.05) is 6.61 Å². The third kappa shape index (κ3) is 4.84. The first-order valence-corrected chi connectivity index (χ1v) is 9.26. The van der Waals surface area contributed by atoms with Gasteiger partial charge in [0.15, 0.2) is 6.61 Å². The van der Waals surface area contributed by atoms with E-state index >= 15 is 0 Å². The van der Waals surface area contributed by atoms with Crippen molar-refractivity contribution >= 4 is 37.8 Å². The van der Waals surface area contributed by atoms with Crippen molar-refractivity contribution in [2.24, 2.45) is 0 Å². The summed E-state index contributed by atoms with van der Waals surface area (Å²) in [6.07, 6.45) is 0. The molecular formula is C19H20Br2O3. The predicted molar refractivity (Wildman–Crippen MR) is 103 cm³/mol. The van der Waals surface area contributed by atoms with E-state index in [2.05, 4.69) is 45.7 Å². The van der Waals surface area contributed by atoms with E-state index in [1.54, 1.807) is 6.07 Å². The molecule has 0 saturated heterocycles. The summed E-state index contributed by atoms with van der Waals surface area (Å²) >= 11 is 6.89. The van der Waals surface area contributed by atoms with E-state index in [0.717, 1.165) is 20.1 Å². The Morgan fingerprint density at radius 1 is 1.08 bits per heavy atom. The van der Waals surface area contributed by atoms with Gasteiger partial charge in [-0.1, -0.05) is 35.8 Å². The first-order chi connectivity index (χ1) is 11.3. The van der Waals surface area contributed by atoms with Crippen molar-refractivity contribution < 1.29 is 14.3 Å². The van der Waals surface area contributed by atoms with E-state index in [1.165, 1.54) is 5.56 Å². The molecule has 3 nitrogen and oxygen atoms in total. The summed E-state index contributed by atoms with van der Waals surface area (Å²) in [6.45, 7) is 7.98. The zero-order chi connectivity index (χ0) is 17.9. The number of hydrogen-bond donors (Lipinski definition) is 0. The largest absolute Gasteiger partial charge is 0.481 e. The van der Waals surface area contributed by atoms with Crippen LogP contribution in [-0.2, 0) is 4.79 Å². The van der Waals surface area contributed by atoms with Crippen LogP contribution in [-0.4, -0.2) is 12.6 Å². The zero-order valence-corrected chi connectivity index (χ0v) is 17.3. The molecule has 0 aliphatic rings. The van der Waals surface area contributed by atoms with Crippen LogP contribution in [0.5, 0.6) is 11.5 Å². The first-order valence-electron chi connectivity index (χ1n) is 7.67. The molecule has 0 aromatic heterocycles. The number of halogens is 2. The molecule has 2 rings (SSSR count). The molecule has 0 spiro atoms. The normalized spacial score (nSPS) is 10.8. The maximum Gasteiger partial charge on any atom is 0.349 e. The van der Waals surface area contributed by atoms with Crippen LogP contribution in [0.1, 0.15) is 36.5 Å². The molecule has 0 aliphatic heterocycles. The molecule has 0 N–H and O–H groups in total. The van der Waals surface area contributed by atoms with Crippen LogP contribution in [0, 0.1) is 13.8 Å². The summed E-state index contributed by atoms with van der Waals surface area (Å²) in [5.74, 6) is 1.19. The standard InChI is InChI=1S/C19H20Br2O3/c1-11(2)14-5-6-17(16(21)9-14)24-18(22)10-23-19-12(3)7-15(20)8-13(19)4/h5-9,11H,10H2,1-4H3. The van der Waals surface area contributed by atoms with Gasteiger partial charge in [0.25, 0.3) is 0 Å². The van der Waals surface area contributed by atoms with Gasteiger partial charge in [-0.15, -0.1) is 0 Å². The molecule has 5 heteroatoms. The van der Waals surface area contributed by atoms with Crippen molar-refractivity contribution in [3.8, 4) is 11.5 Å². The molecule has 0 aliphatic carbocycles. The van der Waals surface area contributed by atoms with Gasteiger partial charge in [0.1, 0.15) is 11.5 Å². The minimum Gasteiger partial charge on any atom is -0.481 e. The van der Waals surface area contributed by atoms with Crippen LogP contribution in [0.4, 0.5) is 0 Å². The van der Waals surface area contributed by atoms with E-state index < -0.39 is 5.97 Å². The van der Waals surface area contributed by atoms with Crippen LogP contribution < -0.4 is 9.47 Å². The molecule has 0 amide bonds. The summed E-state index contributed by atoms with van der Waals surface area (Å²) in [6, 6.07) is 9.64. The Morgan fingerprint density at radius 3 is 2.25 bits per heavy atom. The molecule has 24 heavy (non-hydrogen) atoms. The van der Waals surface area contributed by atoms with E-state index in [4.69, 9.17) is 9.47 Å². The van der Waals surface area contributed by atoms with Crippen LogP contribution >= 0.6 is 31.9 Å². The minimum atomic E-state index is -0.435. The second-order valence-corrected chi connectivity index (χ2v) is 7.75. The molecule has 0 heterocycles. The Bertz CT molecular complexity index is 731. The lowest BCUT2D eigenvalue weighted by Crippen LogP contribution is -2.18. The Morgan fingerprint density at radius 2 is 1.71 bits per heavy atom. The Balaban J connectivity index is 2.02. The lowest BCUT2D eigenvalue weighted by atomic mass is 10.0. The highest BCUT2D eigenvalue weighted by molar-refractivity contribution is 9.10. The van der Waals surface area contributed by atoms with E-state index in [0.29, 0.717) is 17.4 Å². The molecule has 128 valence electrons. The summed E-state index contributed by atoms with van der Waals surface area (Å²) in [5.41, 5.74) is 3.12. The molecule has 0 radical (unpaired) electrons. The van der Waals surface area contributed by atoms with E-state index in [9.17, 15) is 4.79 Å². The number of hydrogen-bond acceptors (Lipinski definition) is 3. The summed E-state index contributed by atoms with van der Waals surface area (Å²) in [5, 5.41) is 0. The number of esters is 1. The Kier molecular flexibility index (Phi) is 6.47. The van der Waals surface area contributed by atoms with Gasteiger partial charge < -0.3 is 9.47 Å². The first kappa shape index (κ1) is 19.0. The Hall–Kier alpha value is -1.33. The van der Waals surface area contributed by atoms with Crippen LogP contribution in [0.3, 0.4) is 0 Å². The van der Waals surface area contributed by atoms with Gasteiger partial charge in [-0.05, 0) is 76.7 Å². The van der Waals surface area contributed by atoms with Gasteiger partial charge in [-0.3, -0.25) is 0 Å². The summed E-state index contributed by atoms with van der Waals surface area (Å²) in [7, 11) is 0. The van der Waals surface area contributed by atoms with Gasteiger partial charge in [0, 0.05) is 4.47 Å². The van der Waals surface area contributed by atoms with Crippen molar-refractivity contribution in [1.82, 2.24) is 0 Å². The van der Waals surface area contributed by atoms with E-state index in [1.807, 2.05) is 38.1 Å². The third-order valence-corrected chi connectivity index (χ3v) is 4.68. The second-order valence-electron chi connectivity index (χ2n) is 5.98. The highest BCUT2D eigenvalue weighted by Gasteiger charge is 2.13. The molecule has 2 aromatic rings. The lowest BCUT2D eigenvalue weighted by molar-refractivity contribution is -0.136. The van der Waals surface area contributed by atoms with Crippen molar-refractivity contribution in [3.05, 3.63) is 56.0 Å². The molecule has 0 bridgehead atoms. The number of rotatable bonds is 5. The number of ether oxygens (including phenoxy) is 2. The number of carbonyl (C=O) groups excluding carboxylic acids is 1. The quantitative estimate of drug-likeness (QED) is 0.413. The fourth-order valence-electron chi connectivity index (χ4n) is 2.37. The number of carbonyl (C=O) groups is 1. The predicted octanol–water partition coefficient (Wildman–Crippen LogP) is 5.94. The molecule has 0 unspecified atom stereocenters. The van der Waals surface area contributed by atoms with E-state index in [-0.39, 0.29) is 6.61 Å². The topological polar surface area (TPSA) is 35.5 Å². The molecule has 0 atom stereocenters. The fraction of sp³-hybridized carbons (Fsp3) is 0.316. The second kappa shape index (κ2) is 8.17. The van der Waals surface area contributed by atoms with Crippen molar-refractivity contribution in [1.29, 1.82) is 0 Å². The number of benzene rings is 2. The van der Waals surface area contributed by atoms with Crippen molar-refractivity contribution in [3.63, 3.8) is 0 Å². The minimum absolute atomic E-state index is 0.137. The maximum absolute atomic E-state index is 12.1. The van der Waals surface area contributed by atoms with Crippen LogP contribution in [0.2, 0.25) is 0 Å². The van der Waals surface area contributed by atoms with Crippen LogP contribution in [0.15, 0.2) is 39.3 Å². The number of aryl methyl sites for hydroxylation is 2. The van der Waals surface area contributed by atoms with Gasteiger partial charge in [-0.25, -0.2) is 4.79 Å². The summed E-state index contributed by atoms with van der Waals surface area (Å²) < 4.78 is 12.8.